The Labute approximate surface area is 167 Å². The van der Waals surface area contributed by atoms with Gasteiger partial charge in [0.15, 0.2) is 5.96 Å². The van der Waals surface area contributed by atoms with Crippen molar-refractivity contribution < 1.29 is 9.47 Å². The lowest BCUT2D eigenvalue weighted by atomic mass is 10.1. The lowest BCUT2D eigenvalue weighted by Gasteiger charge is -2.26. The Bertz CT molecular complexity index is 773. The number of morpholine rings is 1. The summed E-state index contributed by atoms with van der Waals surface area (Å²) in [6, 6.07) is 16.7. The van der Waals surface area contributed by atoms with Crippen LogP contribution in [-0.4, -0.2) is 51.3 Å². The zero-order valence-electron chi connectivity index (χ0n) is 16.8. The van der Waals surface area contributed by atoms with Gasteiger partial charge in [-0.3, -0.25) is 9.89 Å². The molecule has 3 rings (SSSR count). The average Bonchev–Trinajstić information content (AvgIpc) is 2.75. The molecule has 0 atom stereocenters. The maximum absolute atomic E-state index is 5.43. The van der Waals surface area contributed by atoms with Crippen LogP contribution < -0.4 is 15.4 Å². The molecule has 0 aliphatic carbocycles. The quantitative estimate of drug-likeness (QED) is 0.569. The summed E-state index contributed by atoms with van der Waals surface area (Å²) in [6.07, 6.45) is 0. The molecule has 1 heterocycles. The van der Waals surface area contributed by atoms with Gasteiger partial charge in [0.2, 0.25) is 0 Å². The summed E-state index contributed by atoms with van der Waals surface area (Å²) in [4.78, 5) is 6.76. The number of hydrogen-bond donors (Lipinski definition) is 2. The maximum atomic E-state index is 5.43. The molecule has 0 unspecified atom stereocenters. The highest BCUT2D eigenvalue weighted by molar-refractivity contribution is 5.79. The Morgan fingerprint density at radius 2 is 1.79 bits per heavy atom. The Morgan fingerprint density at radius 3 is 2.57 bits per heavy atom. The van der Waals surface area contributed by atoms with Crippen molar-refractivity contribution in [2.45, 2.75) is 19.6 Å². The first-order chi connectivity index (χ1) is 13.8. The maximum Gasteiger partial charge on any atom is 0.191 e. The molecule has 2 aromatic rings. The van der Waals surface area contributed by atoms with Gasteiger partial charge in [-0.05, 0) is 17.2 Å². The van der Waals surface area contributed by atoms with E-state index in [0.29, 0.717) is 6.54 Å². The predicted molar refractivity (Wildman–Crippen MR) is 113 cm³/mol. The highest BCUT2D eigenvalue weighted by Gasteiger charge is 2.11. The van der Waals surface area contributed by atoms with Gasteiger partial charge in [-0.15, -0.1) is 0 Å². The van der Waals surface area contributed by atoms with Crippen LogP contribution in [-0.2, 0) is 24.4 Å². The van der Waals surface area contributed by atoms with Crippen LogP contribution in [0.4, 0.5) is 0 Å². The molecular weight excluding hydrogens is 352 g/mol. The molecular formula is C22H30N4O2. The molecule has 1 saturated heterocycles. The minimum Gasteiger partial charge on any atom is -0.496 e. The summed E-state index contributed by atoms with van der Waals surface area (Å²) < 4.78 is 10.8. The summed E-state index contributed by atoms with van der Waals surface area (Å²) in [5.41, 5.74) is 3.67. The fraction of sp³-hybridized carbons (Fsp3) is 0.409. The van der Waals surface area contributed by atoms with Crippen molar-refractivity contribution in [3.05, 3.63) is 65.2 Å². The lowest BCUT2D eigenvalue weighted by Crippen LogP contribution is -2.36. The van der Waals surface area contributed by atoms with Crippen LogP contribution in [0.1, 0.15) is 16.7 Å². The van der Waals surface area contributed by atoms with E-state index < -0.39 is 0 Å². The summed E-state index contributed by atoms with van der Waals surface area (Å²) in [6.45, 7) is 6.01. The number of nitrogens with one attached hydrogen (secondary N) is 2. The number of rotatable bonds is 7. The monoisotopic (exact) mass is 382 g/mol. The van der Waals surface area contributed by atoms with Crippen molar-refractivity contribution in [3.63, 3.8) is 0 Å². The van der Waals surface area contributed by atoms with Crippen molar-refractivity contribution in [2.24, 2.45) is 4.99 Å². The van der Waals surface area contributed by atoms with E-state index in [9.17, 15) is 0 Å². The number of aliphatic imine (C=N–C) groups is 1. The van der Waals surface area contributed by atoms with E-state index in [1.54, 1.807) is 14.2 Å². The van der Waals surface area contributed by atoms with E-state index >= 15 is 0 Å². The molecule has 6 heteroatoms. The standard InChI is InChI=1S/C22H30N4O2/c1-23-22(25-16-20-8-3-4-9-21(20)27-2)24-15-18-6-5-7-19(14-18)17-26-10-12-28-13-11-26/h3-9,14H,10-13,15-17H2,1-2H3,(H2,23,24,25). The van der Waals surface area contributed by atoms with Crippen LogP contribution in [0, 0.1) is 0 Å². The Balaban J connectivity index is 1.51. The van der Waals surface area contributed by atoms with Gasteiger partial charge in [0.25, 0.3) is 0 Å². The first-order valence-electron chi connectivity index (χ1n) is 9.73. The molecule has 6 nitrogen and oxygen atoms in total. The number of benzene rings is 2. The number of methoxy groups -OCH3 is 1. The van der Waals surface area contributed by atoms with Crippen LogP contribution in [0.25, 0.3) is 0 Å². The molecule has 150 valence electrons. The van der Waals surface area contributed by atoms with Crippen molar-refractivity contribution >= 4 is 5.96 Å². The van der Waals surface area contributed by atoms with Crippen LogP contribution in [0.5, 0.6) is 5.75 Å². The first-order valence-corrected chi connectivity index (χ1v) is 9.73. The predicted octanol–water partition coefficient (Wildman–Crippen LogP) is 2.39. The van der Waals surface area contributed by atoms with Gasteiger partial charge >= 0.3 is 0 Å². The van der Waals surface area contributed by atoms with Crippen molar-refractivity contribution in [1.82, 2.24) is 15.5 Å². The normalized spacial score (nSPS) is 15.3. The van der Waals surface area contributed by atoms with Crippen molar-refractivity contribution in [3.8, 4) is 5.75 Å². The van der Waals surface area contributed by atoms with Gasteiger partial charge in [0.1, 0.15) is 5.75 Å². The first kappa shape index (κ1) is 20.2. The fourth-order valence-electron chi connectivity index (χ4n) is 3.29. The molecule has 0 spiro atoms. The molecule has 28 heavy (non-hydrogen) atoms. The average molecular weight is 383 g/mol. The summed E-state index contributed by atoms with van der Waals surface area (Å²) in [5.74, 6) is 1.64. The topological polar surface area (TPSA) is 58.1 Å². The highest BCUT2D eigenvalue weighted by atomic mass is 16.5. The number of nitrogens with zero attached hydrogens (tertiary/aromatic N) is 2. The number of para-hydroxylation sites is 1. The SMILES string of the molecule is CN=C(NCc1cccc(CN2CCOCC2)c1)NCc1ccccc1OC. The number of guanidine groups is 1. The largest absolute Gasteiger partial charge is 0.496 e. The molecule has 2 aromatic carbocycles. The molecule has 0 bridgehead atoms. The minimum absolute atomic E-state index is 0.654. The van der Waals surface area contributed by atoms with Gasteiger partial charge in [0.05, 0.1) is 20.3 Å². The van der Waals surface area contributed by atoms with Crippen LogP contribution in [0.2, 0.25) is 0 Å². The zero-order valence-corrected chi connectivity index (χ0v) is 16.8. The van der Waals surface area contributed by atoms with Crippen LogP contribution >= 0.6 is 0 Å². The van der Waals surface area contributed by atoms with Gasteiger partial charge < -0.3 is 20.1 Å². The second kappa shape index (κ2) is 10.7. The second-order valence-corrected chi connectivity index (χ2v) is 6.80. The third-order valence-corrected chi connectivity index (χ3v) is 4.82. The lowest BCUT2D eigenvalue weighted by molar-refractivity contribution is 0.0342. The van der Waals surface area contributed by atoms with E-state index in [2.05, 4.69) is 44.8 Å². The number of ether oxygens (including phenoxy) is 2. The molecule has 0 radical (unpaired) electrons. The van der Waals surface area contributed by atoms with Crippen molar-refractivity contribution in [2.75, 3.05) is 40.5 Å². The Hall–Kier alpha value is -2.57. The van der Waals surface area contributed by atoms with Gasteiger partial charge in [-0.1, -0.05) is 42.5 Å². The Morgan fingerprint density at radius 1 is 1.04 bits per heavy atom. The molecule has 0 saturated carbocycles. The van der Waals surface area contributed by atoms with E-state index in [-0.39, 0.29) is 0 Å². The van der Waals surface area contributed by atoms with Gasteiger partial charge in [0, 0.05) is 45.3 Å². The van der Waals surface area contributed by atoms with E-state index in [4.69, 9.17) is 9.47 Å². The molecule has 1 fully saturated rings. The summed E-state index contributed by atoms with van der Waals surface area (Å²) in [5, 5.41) is 6.74. The smallest absolute Gasteiger partial charge is 0.191 e. The third-order valence-electron chi connectivity index (χ3n) is 4.82. The fourth-order valence-corrected chi connectivity index (χ4v) is 3.29. The zero-order chi connectivity index (χ0) is 19.6. The third kappa shape index (κ3) is 5.97. The van der Waals surface area contributed by atoms with Crippen LogP contribution in [0.3, 0.4) is 0 Å². The minimum atomic E-state index is 0.654. The molecule has 1 aliphatic heterocycles. The second-order valence-electron chi connectivity index (χ2n) is 6.80. The van der Waals surface area contributed by atoms with E-state index in [1.165, 1.54) is 11.1 Å². The Kier molecular flexibility index (Phi) is 7.70. The van der Waals surface area contributed by atoms with E-state index in [1.807, 2.05) is 24.3 Å². The van der Waals surface area contributed by atoms with Crippen molar-refractivity contribution in [1.29, 1.82) is 0 Å². The van der Waals surface area contributed by atoms with Crippen LogP contribution in [0.15, 0.2) is 53.5 Å². The van der Waals surface area contributed by atoms with Gasteiger partial charge in [-0.25, -0.2) is 0 Å². The molecule has 2 N–H and O–H groups in total. The van der Waals surface area contributed by atoms with Gasteiger partial charge in [-0.2, -0.15) is 0 Å². The summed E-state index contributed by atoms with van der Waals surface area (Å²) >= 11 is 0. The summed E-state index contributed by atoms with van der Waals surface area (Å²) in [7, 11) is 3.47. The number of hydrogen-bond acceptors (Lipinski definition) is 4. The molecule has 0 aromatic heterocycles. The highest BCUT2D eigenvalue weighted by Crippen LogP contribution is 2.16. The van der Waals surface area contributed by atoms with E-state index in [0.717, 1.165) is 56.7 Å². The molecule has 0 amide bonds. The molecule has 1 aliphatic rings.